The molecule has 4 rings (SSSR count). The number of carbonyl (C=O) groups is 3. The van der Waals surface area contributed by atoms with Crippen molar-refractivity contribution in [3.8, 4) is 0 Å². The first kappa shape index (κ1) is 23.9. The molecule has 4 bridgehead atoms. The van der Waals surface area contributed by atoms with E-state index in [0.717, 1.165) is 32.1 Å². The lowest BCUT2D eigenvalue weighted by Crippen LogP contribution is -2.56. The molecule has 0 aromatic carbocycles. The molecule has 31 heavy (non-hydrogen) atoms. The van der Waals surface area contributed by atoms with Gasteiger partial charge in [0.15, 0.2) is 0 Å². The molecule has 2 amide bonds. The monoisotopic (exact) mass is 436 g/mol. The lowest BCUT2D eigenvalue weighted by Gasteiger charge is -2.55. The summed E-state index contributed by atoms with van der Waals surface area (Å²) in [5.41, 5.74) is -0.354. The minimum atomic E-state index is -0.741. The fourth-order valence-electron chi connectivity index (χ4n) is 6.30. The number of esters is 1. The Morgan fingerprint density at radius 1 is 0.968 bits per heavy atom. The minimum Gasteiger partial charge on any atom is -0.467 e. The van der Waals surface area contributed by atoms with Crippen LogP contribution in [-0.4, -0.2) is 42.8 Å². The Balaban J connectivity index is 1.61. The molecule has 0 heterocycles. The van der Waals surface area contributed by atoms with Gasteiger partial charge in [0, 0.05) is 0 Å². The second kappa shape index (κ2) is 10.2. The normalized spacial score (nSPS) is 30.5. The number of methoxy groups -OCH3 is 1. The quantitative estimate of drug-likeness (QED) is 0.506. The Morgan fingerprint density at radius 3 is 2.03 bits per heavy atom. The van der Waals surface area contributed by atoms with Crippen molar-refractivity contribution in [1.82, 2.24) is 10.6 Å². The van der Waals surface area contributed by atoms with Gasteiger partial charge in [-0.05, 0) is 75.0 Å². The summed E-state index contributed by atoms with van der Waals surface area (Å²) >= 11 is 0. The maximum Gasteiger partial charge on any atom is 0.408 e. The molecule has 4 aliphatic rings. The van der Waals surface area contributed by atoms with Crippen molar-refractivity contribution in [1.29, 1.82) is 0 Å². The Bertz CT molecular complexity index is 627. The van der Waals surface area contributed by atoms with Crippen LogP contribution in [0.1, 0.15) is 85.0 Å². The van der Waals surface area contributed by atoms with Gasteiger partial charge in [0.1, 0.15) is 17.7 Å². The van der Waals surface area contributed by atoms with Gasteiger partial charge in [-0.15, -0.1) is 0 Å². The van der Waals surface area contributed by atoms with Crippen LogP contribution in [0, 0.1) is 23.7 Å². The number of rotatable bonds is 10. The van der Waals surface area contributed by atoms with E-state index < -0.39 is 24.1 Å². The topological polar surface area (TPSA) is 93.7 Å². The summed E-state index contributed by atoms with van der Waals surface area (Å²) in [4.78, 5) is 37.9. The van der Waals surface area contributed by atoms with Crippen LogP contribution in [0.15, 0.2) is 0 Å². The van der Waals surface area contributed by atoms with E-state index >= 15 is 0 Å². The molecule has 0 spiro atoms. The summed E-state index contributed by atoms with van der Waals surface area (Å²) < 4.78 is 10.9. The van der Waals surface area contributed by atoms with Gasteiger partial charge < -0.3 is 20.1 Å². The second-order valence-corrected chi connectivity index (χ2v) is 10.5. The van der Waals surface area contributed by atoms with Crippen molar-refractivity contribution in [2.45, 2.75) is 103 Å². The van der Waals surface area contributed by atoms with Crippen molar-refractivity contribution >= 4 is 18.0 Å². The van der Waals surface area contributed by atoms with Crippen molar-refractivity contribution in [3.63, 3.8) is 0 Å². The predicted octanol–water partition coefficient (Wildman–Crippen LogP) is 3.94. The predicted molar refractivity (Wildman–Crippen MR) is 117 cm³/mol. The van der Waals surface area contributed by atoms with E-state index in [0.29, 0.717) is 30.6 Å². The lowest BCUT2D eigenvalue weighted by molar-refractivity contribution is -0.145. The van der Waals surface area contributed by atoms with Gasteiger partial charge in [-0.3, -0.25) is 4.79 Å². The Morgan fingerprint density at radius 2 is 1.55 bits per heavy atom. The molecule has 4 fully saturated rings. The van der Waals surface area contributed by atoms with Crippen molar-refractivity contribution in [2.75, 3.05) is 7.11 Å². The highest BCUT2D eigenvalue weighted by atomic mass is 16.6. The van der Waals surface area contributed by atoms with Gasteiger partial charge in [0.2, 0.25) is 5.91 Å². The number of amides is 2. The third-order valence-electron chi connectivity index (χ3n) is 7.26. The molecule has 0 aromatic rings. The molecule has 0 aromatic heterocycles. The van der Waals surface area contributed by atoms with Crippen LogP contribution < -0.4 is 10.6 Å². The number of ether oxygens (including phenoxy) is 2. The van der Waals surface area contributed by atoms with Crippen LogP contribution in [0.3, 0.4) is 0 Å². The highest BCUT2D eigenvalue weighted by Gasteiger charge is 2.53. The zero-order valence-electron chi connectivity index (χ0n) is 19.6. The summed E-state index contributed by atoms with van der Waals surface area (Å²) in [6, 6.07) is -1.44. The molecule has 0 unspecified atom stereocenters. The van der Waals surface area contributed by atoms with Crippen LogP contribution in [0.5, 0.6) is 0 Å². The minimum absolute atomic E-state index is 0.197. The van der Waals surface area contributed by atoms with Crippen LogP contribution >= 0.6 is 0 Å². The summed E-state index contributed by atoms with van der Waals surface area (Å²) in [5, 5.41) is 5.61. The molecule has 7 nitrogen and oxygen atoms in total. The largest absolute Gasteiger partial charge is 0.467 e. The van der Waals surface area contributed by atoms with Gasteiger partial charge >= 0.3 is 12.1 Å². The van der Waals surface area contributed by atoms with E-state index in [2.05, 4.69) is 10.6 Å². The van der Waals surface area contributed by atoms with Gasteiger partial charge in [0.05, 0.1) is 7.11 Å². The van der Waals surface area contributed by atoms with Gasteiger partial charge in [-0.25, -0.2) is 9.59 Å². The van der Waals surface area contributed by atoms with Gasteiger partial charge in [0.25, 0.3) is 0 Å². The Labute approximate surface area is 186 Å². The maximum atomic E-state index is 13.0. The van der Waals surface area contributed by atoms with E-state index in [1.54, 1.807) is 0 Å². The fraction of sp³-hybridized carbons (Fsp3) is 0.875. The zero-order valence-corrected chi connectivity index (χ0v) is 19.6. The smallest absolute Gasteiger partial charge is 0.408 e. The molecule has 4 aliphatic carbocycles. The van der Waals surface area contributed by atoms with Gasteiger partial charge in [-0.1, -0.05) is 33.6 Å². The first-order valence-electron chi connectivity index (χ1n) is 12.1. The molecule has 2 atom stereocenters. The molecule has 0 aliphatic heterocycles. The van der Waals surface area contributed by atoms with E-state index in [-0.39, 0.29) is 17.4 Å². The van der Waals surface area contributed by atoms with Crippen LogP contribution in [0.2, 0.25) is 0 Å². The van der Waals surface area contributed by atoms with Crippen LogP contribution in [-0.2, 0) is 19.1 Å². The molecule has 4 saturated carbocycles. The molecular formula is C24H40N2O5. The molecule has 2 N–H and O–H groups in total. The van der Waals surface area contributed by atoms with E-state index in [4.69, 9.17) is 9.47 Å². The zero-order chi connectivity index (χ0) is 22.6. The second-order valence-electron chi connectivity index (χ2n) is 10.5. The number of hydrogen-bond donors (Lipinski definition) is 2. The third-order valence-corrected chi connectivity index (χ3v) is 7.26. The summed E-state index contributed by atoms with van der Waals surface area (Å²) in [6.07, 6.45) is 8.87. The standard InChI is InChI=1S/C24H40N2O5/c1-5-6-7-19(22(28)30-4)25-21(27)20(8-15(2)3)26-23(29)31-24-12-16-9-17(13-24)11-18(10-16)14-24/h15-20H,5-14H2,1-4H3,(H,25,27)(H,26,29)/t16?,17?,18?,19-,20-,24?/m0/s1. The highest BCUT2D eigenvalue weighted by Crippen LogP contribution is 2.57. The maximum absolute atomic E-state index is 13.0. The van der Waals surface area contributed by atoms with Gasteiger partial charge in [-0.2, -0.15) is 0 Å². The summed E-state index contributed by atoms with van der Waals surface area (Å²) in [6.45, 7) is 6.03. The highest BCUT2D eigenvalue weighted by molar-refractivity contribution is 5.89. The Kier molecular flexibility index (Phi) is 7.87. The average molecular weight is 437 g/mol. The average Bonchev–Trinajstić information content (AvgIpc) is 2.67. The number of alkyl carbamates (subject to hydrolysis) is 1. The summed E-state index contributed by atoms with van der Waals surface area (Å²) in [7, 11) is 1.32. The Hall–Kier alpha value is -1.79. The third kappa shape index (κ3) is 6.13. The van der Waals surface area contributed by atoms with E-state index in [1.165, 1.54) is 26.4 Å². The molecule has 0 saturated heterocycles. The molecular weight excluding hydrogens is 396 g/mol. The van der Waals surface area contributed by atoms with Crippen molar-refractivity contribution in [2.24, 2.45) is 23.7 Å². The summed E-state index contributed by atoms with van der Waals surface area (Å²) in [5.74, 6) is 1.40. The first-order chi connectivity index (χ1) is 14.7. The number of unbranched alkanes of at least 4 members (excludes halogenated alkanes) is 1. The SMILES string of the molecule is CCCC[C@H](NC(=O)[C@H](CC(C)C)NC(=O)OC12CC3CC(CC(C3)C1)C2)C(=O)OC. The number of hydrogen-bond acceptors (Lipinski definition) is 5. The van der Waals surface area contributed by atoms with E-state index in [9.17, 15) is 14.4 Å². The van der Waals surface area contributed by atoms with Crippen LogP contribution in [0.4, 0.5) is 4.79 Å². The molecule has 176 valence electrons. The van der Waals surface area contributed by atoms with Crippen molar-refractivity contribution < 1.29 is 23.9 Å². The molecule has 7 heteroatoms. The first-order valence-corrected chi connectivity index (χ1v) is 12.1. The van der Waals surface area contributed by atoms with Crippen molar-refractivity contribution in [3.05, 3.63) is 0 Å². The van der Waals surface area contributed by atoms with E-state index in [1.807, 2.05) is 20.8 Å². The number of nitrogens with one attached hydrogen (secondary N) is 2. The fourth-order valence-corrected chi connectivity index (χ4v) is 6.30. The van der Waals surface area contributed by atoms with Crippen LogP contribution in [0.25, 0.3) is 0 Å². The molecule has 0 radical (unpaired) electrons. The lowest BCUT2D eigenvalue weighted by atomic mass is 9.54. The number of carbonyl (C=O) groups excluding carboxylic acids is 3.